The van der Waals surface area contributed by atoms with Crippen LogP contribution in [0.4, 0.5) is 5.69 Å². The van der Waals surface area contributed by atoms with E-state index in [1.165, 1.54) is 5.56 Å². The van der Waals surface area contributed by atoms with E-state index in [1.54, 1.807) is 6.07 Å². The first-order valence-corrected chi connectivity index (χ1v) is 16.0. The zero-order valence-electron chi connectivity index (χ0n) is 28.4. The molecule has 0 bridgehead atoms. The molecule has 0 saturated heterocycles. The van der Waals surface area contributed by atoms with Crippen LogP contribution in [0.25, 0.3) is 5.32 Å². The van der Waals surface area contributed by atoms with Crippen molar-refractivity contribution in [2.45, 2.75) is 39.7 Å². The van der Waals surface area contributed by atoms with E-state index < -0.39 is 5.97 Å². The Bertz CT molecular complexity index is 1570. The van der Waals surface area contributed by atoms with Crippen LogP contribution in [0.3, 0.4) is 0 Å². The van der Waals surface area contributed by atoms with Crippen LogP contribution in [0.15, 0.2) is 127 Å². The van der Waals surface area contributed by atoms with Gasteiger partial charge in [0.15, 0.2) is 0 Å². The molecule has 0 unspecified atom stereocenters. The van der Waals surface area contributed by atoms with Gasteiger partial charge in [0.2, 0.25) is 0 Å². The second-order valence-electron chi connectivity index (χ2n) is 11.4. The Kier molecular flexibility index (Phi) is 18.6. The topological polar surface area (TPSA) is 72.7 Å². The Hall–Kier alpha value is -4.26. The molecule has 0 aromatic heterocycles. The summed E-state index contributed by atoms with van der Waals surface area (Å²) in [5, 5.41) is 18.8. The molecule has 2 N–H and O–H groups in total. The fraction of sp³-hybridized carbons (Fsp3) is 0.214. The predicted molar refractivity (Wildman–Crippen MR) is 195 cm³/mol. The number of nitrogens with zero attached hydrogens (tertiary/aromatic N) is 1. The summed E-state index contributed by atoms with van der Waals surface area (Å²) in [5.74, 6) is -0.0799. The maximum Gasteiger partial charge on any atom is 4.00 e. The zero-order chi connectivity index (χ0) is 33.9. The van der Waals surface area contributed by atoms with Gasteiger partial charge >= 0.3 is 31.8 Å². The molecule has 0 amide bonds. The van der Waals surface area contributed by atoms with Gasteiger partial charge in [0, 0.05) is 0 Å². The normalized spacial score (nSPS) is 10.0. The second kappa shape index (κ2) is 22.3. The molecule has 246 valence electrons. The number of para-hydroxylation sites is 1. The molecule has 5 nitrogen and oxygen atoms in total. The monoisotopic (exact) mass is 807 g/mol. The Morgan fingerprint density at radius 2 is 1.33 bits per heavy atom. The van der Waals surface area contributed by atoms with Crippen LogP contribution in [0.1, 0.15) is 63.5 Å². The van der Waals surface area contributed by atoms with Crippen LogP contribution < -0.4 is 5.32 Å². The van der Waals surface area contributed by atoms with Gasteiger partial charge in [0.05, 0.1) is 0 Å². The van der Waals surface area contributed by atoms with Crippen LogP contribution >= 0.6 is 0 Å². The molecule has 5 aromatic carbocycles. The molecule has 5 aromatic rings. The van der Waals surface area contributed by atoms with Gasteiger partial charge in [-0.25, -0.2) is 4.79 Å². The standard InChI is InChI=1S/C28H33N2O3.2C7H7.Hf/c1-20(2)24-11-7-8-12-26(24)30-16-15-29-14-13-23-17-21(3)18-25(27(23)31)28(32)33-19-22-9-5-4-6-10-22;2*1-7-5-3-2-4-6-7;/h4-12,17-18,20,29H,13-16,19H2,1-3H3,(H,31,32);2*2-6H,1H2;/q3*-1;+4. The summed E-state index contributed by atoms with van der Waals surface area (Å²) in [6.07, 6.45) is 0.606. The zero-order valence-corrected chi connectivity index (χ0v) is 32.0. The molecule has 0 saturated carbocycles. The van der Waals surface area contributed by atoms with Gasteiger partial charge in [-0.3, -0.25) is 0 Å². The van der Waals surface area contributed by atoms with Crippen molar-refractivity contribution in [3.05, 3.63) is 186 Å². The minimum Gasteiger partial charge on any atom is -0.683 e. The number of ether oxygens (including phenoxy) is 1. The van der Waals surface area contributed by atoms with Gasteiger partial charge < -0.3 is 20.5 Å². The van der Waals surface area contributed by atoms with Crippen molar-refractivity contribution >= 4 is 11.7 Å². The number of nitrogens with one attached hydrogen (secondary N) is 1. The van der Waals surface area contributed by atoms with Crippen LogP contribution in [-0.4, -0.2) is 30.7 Å². The number of aryl methyl sites for hydroxylation is 1. The number of carbonyl (C=O) groups excluding carboxylic acids is 1. The largest absolute Gasteiger partial charge is 4.00 e. The van der Waals surface area contributed by atoms with Crippen molar-refractivity contribution in [3.8, 4) is 5.75 Å². The fourth-order valence-corrected chi connectivity index (χ4v) is 4.68. The predicted octanol–water partition coefficient (Wildman–Crippen LogP) is 9.75. The van der Waals surface area contributed by atoms with E-state index in [0.717, 1.165) is 40.0 Å². The molecule has 0 aliphatic rings. The average Bonchev–Trinajstić information content (AvgIpc) is 3.08. The minimum atomic E-state index is -0.517. The number of esters is 1. The van der Waals surface area contributed by atoms with Crippen LogP contribution in [0.5, 0.6) is 5.75 Å². The third kappa shape index (κ3) is 14.7. The van der Waals surface area contributed by atoms with E-state index in [0.29, 0.717) is 25.4 Å². The van der Waals surface area contributed by atoms with Crippen LogP contribution in [-0.2, 0) is 43.6 Å². The first-order chi connectivity index (χ1) is 22.7. The van der Waals surface area contributed by atoms with Crippen molar-refractivity contribution in [1.82, 2.24) is 5.32 Å². The number of phenolic OH excluding ortho intramolecular Hbond substituents is 1. The summed E-state index contributed by atoms with van der Waals surface area (Å²) < 4.78 is 5.40. The summed E-state index contributed by atoms with van der Waals surface area (Å²) >= 11 is 0. The number of aromatic hydroxyl groups is 1. The molecule has 0 fully saturated rings. The third-order valence-corrected chi connectivity index (χ3v) is 7.15. The summed E-state index contributed by atoms with van der Waals surface area (Å²) in [4.78, 5) is 12.6. The number of phenols is 1. The van der Waals surface area contributed by atoms with Crippen LogP contribution in [0.2, 0.25) is 0 Å². The van der Waals surface area contributed by atoms with Gasteiger partial charge in [-0.05, 0) is 55.1 Å². The third-order valence-electron chi connectivity index (χ3n) is 7.15. The number of hydrogen-bond acceptors (Lipinski definition) is 4. The molecule has 6 heteroatoms. The summed E-state index contributed by atoms with van der Waals surface area (Å²) in [5.41, 5.74) is 7.21. The van der Waals surface area contributed by atoms with Crippen molar-refractivity contribution in [1.29, 1.82) is 0 Å². The molecule has 0 radical (unpaired) electrons. The number of benzene rings is 5. The summed E-state index contributed by atoms with van der Waals surface area (Å²) in [6, 6.07) is 41.1. The maximum absolute atomic E-state index is 12.6. The molecule has 0 heterocycles. The van der Waals surface area contributed by atoms with E-state index in [1.807, 2.05) is 116 Å². The molecule has 5 rings (SSSR count). The van der Waals surface area contributed by atoms with Crippen LogP contribution in [0, 0.1) is 20.8 Å². The fourth-order valence-electron chi connectivity index (χ4n) is 4.68. The van der Waals surface area contributed by atoms with Gasteiger partial charge in [-0.2, -0.15) is 49.2 Å². The van der Waals surface area contributed by atoms with E-state index in [4.69, 9.17) is 10.1 Å². The Morgan fingerprint density at radius 3 is 1.88 bits per heavy atom. The van der Waals surface area contributed by atoms with Gasteiger partial charge in [0.1, 0.15) is 17.9 Å². The van der Waals surface area contributed by atoms with Crippen molar-refractivity contribution < 1.29 is 40.5 Å². The Labute approximate surface area is 306 Å². The molecule has 48 heavy (non-hydrogen) atoms. The number of rotatable bonds is 11. The second-order valence-corrected chi connectivity index (χ2v) is 11.4. The van der Waals surface area contributed by atoms with Gasteiger partial charge in [-0.1, -0.05) is 92.2 Å². The Balaban J connectivity index is 0.000000437. The average molecular weight is 806 g/mol. The summed E-state index contributed by atoms with van der Waals surface area (Å²) in [6.45, 7) is 16.0. The maximum atomic E-state index is 12.6. The number of carbonyl (C=O) groups is 1. The molecular formula is C42H47HfN2O3+. The Morgan fingerprint density at radius 1 is 0.792 bits per heavy atom. The molecule has 0 spiro atoms. The number of hydrogen-bond donors (Lipinski definition) is 2. The first kappa shape index (κ1) is 39.9. The summed E-state index contributed by atoms with van der Waals surface area (Å²) in [7, 11) is 0. The van der Waals surface area contributed by atoms with Gasteiger partial charge in [0.25, 0.3) is 0 Å². The van der Waals surface area contributed by atoms with Crippen molar-refractivity contribution in [2.75, 3.05) is 19.6 Å². The van der Waals surface area contributed by atoms with E-state index in [-0.39, 0.29) is 43.8 Å². The molecule has 0 aliphatic heterocycles. The van der Waals surface area contributed by atoms with E-state index >= 15 is 0 Å². The van der Waals surface area contributed by atoms with Gasteiger partial charge in [-0.15, -0.1) is 36.5 Å². The van der Waals surface area contributed by atoms with Crippen molar-refractivity contribution in [2.24, 2.45) is 0 Å². The quantitative estimate of drug-likeness (QED) is 0.0604. The smallest absolute Gasteiger partial charge is 0.683 e. The first-order valence-electron chi connectivity index (χ1n) is 16.0. The molecule has 0 aliphatic carbocycles. The van der Waals surface area contributed by atoms with Crippen molar-refractivity contribution in [3.63, 3.8) is 0 Å². The SMILES string of the molecule is Cc1cc(CCNCC[N-]c2ccccc2C(C)C)c(O)c(C(=O)OCc2ccccc2)c1.[CH2-]c1ccccc1.[CH2-]c1ccccc1.[Hf+4]. The minimum absolute atomic E-state index is 0. The molecule has 0 atom stereocenters. The van der Waals surface area contributed by atoms with E-state index in [2.05, 4.69) is 45.1 Å². The van der Waals surface area contributed by atoms with E-state index in [9.17, 15) is 9.90 Å². The molecular weight excluding hydrogens is 759 g/mol.